The lowest BCUT2D eigenvalue weighted by atomic mass is 9.82. The van der Waals surface area contributed by atoms with E-state index in [0.29, 0.717) is 17.3 Å². The fraction of sp³-hybridized carbons (Fsp3) is 0.455. The Morgan fingerprint density at radius 3 is 2.65 bits per heavy atom. The van der Waals surface area contributed by atoms with Crippen molar-refractivity contribution in [1.82, 2.24) is 0 Å². The molecule has 1 aliphatic heterocycles. The van der Waals surface area contributed by atoms with Crippen LogP contribution in [0.2, 0.25) is 5.02 Å². The highest BCUT2D eigenvalue weighted by Gasteiger charge is 2.29. The van der Waals surface area contributed by atoms with E-state index in [2.05, 4.69) is 19.2 Å². The van der Waals surface area contributed by atoms with E-state index in [1.54, 1.807) is 6.07 Å². The van der Waals surface area contributed by atoms with Crippen LogP contribution in [0.15, 0.2) is 17.0 Å². The molecule has 0 fully saturated rings. The summed E-state index contributed by atoms with van der Waals surface area (Å²) in [4.78, 5) is -0.143. The molecular weight excluding hydrogens is 262 g/mol. The summed E-state index contributed by atoms with van der Waals surface area (Å²) in [7, 11) is -4.25. The molecule has 0 amide bonds. The first-order valence-corrected chi connectivity index (χ1v) is 7.05. The molecule has 0 atom stereocenters. The average Bonchev–Trinajstić information content (AvgIpc) is 2.12. The summed E-state index contributed by atoms with van der Waals surface area (Å²) in [6.45, 7) is 4.82. The lowest BCUT2D eigenvalue weighted by molar-refractivity contribution is 0.377. The Morgan fingerprint density at radius 1 is 1.41 bits per heavy atom. The number of benzene rings is 1. The first-order chi connectivity index (χ1) is 7.69. The number of rotatable bonds is 1. The maximum atomic E-state index is 11.3. The van der Waals surface area contributed by atoms with Gasteiger partial charge in [0.1, 0.15) is 4.90 Å². The summed E-state index contributed by atoms with van der Waals surface area (Å²) >= 11 is 5.88. The second-order valence-electron chi connectivity index (χ2n) is 5.11. The zero-order valence-corrected chi connectivity index (χ0v) is 11.2. The van der Waals surface area contributed by atoms with Crippen molar-refractivity contribution < 1.29 is 13.0 Å². The lowest BCUT2D eigenvalue weighted by Gasteiger charge is -2.33. The van der Waals surface area contributed by atoms with Gasteiger partial charge < -0.3 is 5.32 Å². The molecule has 6 heteroatoms. The van der Waals surface area contributed by atoms with Crippen LogP contribution in [0.1, 0.15) is 19.4 Å². The second-order valence-corrected chi connectivity index (χ2v) is 6.93. The van der Waals surface area contributed by atoms with Crippen molar-refractivity contribution >= 4 is 27.4 Å². The van der Waals surface area contributed by atoms with Gasteiger partial charge >= 0.3 is 0 Å². The van der Waals surface area contributed by atoms with Gasteiger partial charge in [0.25, 0.3) is 10.1 Å². The third kappa shape index (κ3) is 2.56. The Balaban J connectivity index is 2.63. The molecule has 0 saturated heterocycles. The van der Waals surface area contributed by atoms with E-state index in [1.807, 2.05) is 0 Å². The molecule has 1 aliphatic rings. The molecule has 2 rings (SSSR count). The number of halogens is 1. The van der Waals surface area contributed by atoms with Gasteiger partial charge in [0.2, 0.25) is 0 Å². The van der Waals surface area contributed by atoms with Crippen molar-refractivity contribution in [2.75, 3.05) is 11.9 Å². The van der Waals surface area contributed by atoms with E-state index >= 15 is 0 Å². The van der Waals surface area contributed by atoms with Crippen LogP contribution in [0.4, 0.5) is 5.69 Å². The minimum absolute atomic E-state index is 0.0359. The normalized spacial score (nSPS) is 18.4. The fourth-order valence-electron chi connectivity index (χ4n) is 2.09. The number of nitrogens with one attached hydrogen (secondary N) is 1. The van der Waals surface area contributed by atoms with E-state index < -0.39 is 10.1 Å². The molecule has 0 unspecified atom stereocenters. The van der Waals surface area contributed by atoms with Gasteiger partial charge in [-0.15, -0.1) is 0 Å². The van der Waals surface area contributed by atoms with Gasteiger partial charge in [0.15, 0.2) is 0 Å². The Kier molecular flexibility index (Phi) is 2.88. The third-order valence-corrected chi connectivity index (χ3v) is 3.94. The Morgan fingerprint density at radius 2 is 2.06 bits per heavy atom. The molecule has 17 heavy (non-hydrogen) atoms. The zero-order valence-electron chi connectivity index (χ0n) is 9.62. The highest BCUT2D eigenvalue weighted by molar-refractivity contribution is 7.86. The molecule has 0 spiro atoms. The van der Waals surface area contributed by atoms with Gasteiger partial charge in [-0.1, -0.05) is 25.4 Å². The van der Waals surface area contributed by atoms with Crippen molar-refractivity contribution in [3.63, 3.8) is 0 Å². The van der Waals surface area contributed by atoms with E-state index in [1.165, 1.54) is 6.07 Å². The predicted molar refractivity (Wildman–Crippen MR) is 67.2 cm³/mol. The van der Waals surface area contributed by atoms with Crippen molar-refractivity contribution in [3.05, 3.63) is 22.7 Å². The highest BCUT2D eigenvalue weighted by Crippen LogP contribution is 2.37. The van der Waals surface area contributed by atoms with Crippen molar-refractivity contribution in [1.29, 1.82) is 0 Å². The Hall–Kier alpha value is -0.780. The molecule has 0 aromatic heterocycles. The first kappa shape index (κ1) is 12.7. The molecule has 94 valence electrons. The van der Waals surface area contributed by atoms with Crippen LogP contribution in [0.25, 0.3) is 0 Å². The fourth-order valence-corrected chi connectivity index (χ4v) is 3.13. The van der Waals surface area contributed by atoms with Gasteiger partial charge in [-0.3, -0.25) is 4.55 Å². The van der Waals surface area contributed by atoms with E-state index in [-0.39, 0.29) is 10.3 Å². The topological polar surface area (TPSA) is 66.4 Å². The quantitative estimate of drug-likeness (QED) is 0.773. The van der Waals surface area contributed by atoms with Gasteiger partial charge in [-0.25, -0.2) is 0 Å². The molecule has 0 radical (unpaired) electrons. The van der Waals surface area contributed by atoms with E-state index in [0.717, 1.165) is 12.0 Å². The predicted octanol–water partition coefficient (Wildman–Crippen LogP) is 2.58. The van der Waals surface area contributed by atoms with Crippen molar-refractivity contribution in [3.8, 4) is 0 Å². The molecule has 2 N–H and O–H groups in total. The number of fused-ring (bicyclic) bond motifs is 1. The van der Waals surface area contributed by atoms with Crippen LogP contribution in [0.3, 0.4) is 0 Å². The standard InChI is InChI=1S/C11H14ClNO3S/c1-11(2)5-7-3-8(12)4-9(17(14,15)16)10(7)13-6-11/h3-4,13H,5-6H2,1-2H3,(H,14,15,16). The number of anilines is 1. The Labute approximate surface area is 106 Å². The zero-order chi connectivity index (χ0) is 12.8. The SMILES string of the molecule is CC1(C)CNc2c(cc(Cl)cc2S(=O)(=O)O)C1. The van der Waals surface area contributed by atoms with E-state index in [4.69, 9.17) is 11.6 Å². The summed E-state index contributed by atoms with van der Waals surface area (Å²) in [5.41, 5.74) is 1.33. The average molecular weight is 276 g/mol. The highest BCUT2D eigenvalue weighted by atomic mass is 35.5. The molecular formula is C11H14ClNO3S. The van der Waals surface area contributed by atoms with Gasteiger partial charge in [-0.05, 0) is 29.5 Å². The summed E-state index contributed by atoms with van der Waals surface area (Å²) in [6, 6.07) is 3.00. The molecule has 1 heterocycles. The largest absolute Gasteiger partial charge is 0.383 e. The summed E-state index contributed by atoms with van der Waals surface area (Å²) < 4.78 is 31.7. The van der Waals surface area contributed by atoms with Crippen LogP contribution in [0, 0.1) is 5.41 Å². The Bertz CT molecular complexity index is 566. The summed E-state index contributed by atoms with van der Waals surface area (Å²) in [5.74, 6) is 0. The molecule has 0 saturated carbocycles. The van der Waals surface area contributed by atoms with Crippen LogP contribution in [0.5, 0.6) is 0 Å². The molecule has 4 nitrogen and oxygen atoms in total. The van der Waals surface area contributed by atoms with Crippen molar-refractivity contribution in [2.45, 2.75) is 25.2 Å². The molecule has 0 aliphatic carbocycles. The first-order valence-electron chi connectivity index (χ1n) is 5.23. The van der Waals surface area contributed by atoms with Crippen LogP contribution in [-0.4, -0.2) is 19.5 Å². The number of hydrogen-bond donors (Lipinski definition) is 2. The lowest BCUT2D eigenvalue weighted by Crippen LogP contribution is -2.31. The number of hydrogen-bond acceptors (Lipinski definition) is 3. The summed E-state index contributed by atoms with van der Waals surface area (Å²) in [5, 5.41) is 3.37. The maximum absolute atomic E-state index is 11.3. The molecule has 0 bridgehead atoms. The summed E-state index contributed by atoms with van der Waals surface area (Å²) in [6.07, 6.45) is 0.721. The minimum Gasteiger partial charge on any atom is -0.383 e. The monoisotopic (exact) mass is 275 g/mol. The smallest absolute Gasteiger partial charge is 0.296 e. The van der Waals surface area contributed by atoms with E-state index in [9.17, 15) is 13.0 Å². The minimum atomic E-state index is -4.25. The van der Waals surface area contributed by atoms with Gasteiger partial charge in [-0.2, -0.15) is 8.42 Å². The molecule has 1 aromatic carbocycles. The molecule has 1 aromatic rings. The van der Waals surface area contributed by atoms with Gasteiger partial charge in [0.05, 0.1) is 5.69 Å². The third-order valence-electron chi connectivity index (χ3n) is 2.84. The van der Waals surface area contributed by atoms with Crippen LogP contribution >= 0.6 is 11.6 Å². The van der Waals surface area contributed by atoms with Crippen molar-refractivity contribution in [2.24, 2.45) is 5.41 Å². The van der Waals surface area contributed by atoms with Gasteiger partial charge in [0, 0.05) is 11.6 Å². The van der Waals surface area contributed by atoms with Crippen LogP contribution in [-0.2, 0) is 16.5 Å². The van der Waals surface area contributed by atoms with Crippen LogP contribution < -0.4 is 5.32 Å². The second kappa shape index (κ2) is 3.86. The maximum Gasteiger partial charge on any atom is 0.296 e.